The van der Waals surface area contributed by atoms with Gasteiger partial charge in [0.2, 0.25) is 0 Å². The molecule has 0 unspecified atom stereocenters. The summed E-state index contributed by atoms with van der Waals surface area (Å²) in [4.78, 5) is 12.2. The molecule has 5 heteroatoms. The van der Waals surface area contributed by atoms with Gasteiger partial charge in [-0.3, -0.25) is 4.79 Å². The Bertz CT molecular complexity index is 867. The van der Waals surface area contributed by atoms with Crippen molar-refractivity contribution >= 4 is 11.5 Å². The average Bonchev–Trinajstić information content (AvgIpc) is 2.73. The lowest BCUT2D eigenvalue weighted by molar-refractivity contribution is 0.0919. The molecule has 0 spiro atoms. The summed E-state index contributed by atoms with van der Waals surface area (Å²) in [5.41, 5.74) is 8.94. The van der Waals surface area contributed by atoms with Crippen LogP contribution in [0.5, 0.6) is 11.5 Å². The van der Waals surface area contributed by atoms with Crippen molar-refractivity contribution in [1.82, 2.24) is 5.43 Å². The smallest absolute Gasteiger partial charge is 0.200 e. The number of hydrogen-bond donors (Lipinski definition) is 2. The highest BCUT2D eigenvalue weighted by Crippen LogP contribution is 2.28. The Labute approximate surface area is 158 Å². The number of hydrazine groups is 1. The third-order valence-electron chi connectivity index (χ3n) is 3.98. The first-order chi connectivity index (χ1) is 13.3. The normalized spacial score (nSPS) is 10.3. The summed E-state index contributed by atoms with van der Waals surface area (Å²) >= 11 is 0. The van der Waals surface area contributed by atoms with Gasteiger partial charge in [-0.2, -0.15) is 0 Å². The molecular weight excluding hydrogens is 340 g/mol. The van der Waals surface area contributed by atoms with Crippen LogP contribution in [0, 0.1) is 0 Å². The molecule has 3 aromatic rings. The molecule has 0 saturated heterocycles. The lowest BCUT2D eigenvalue weighted by Gasteiger charge is -2.13. The van der Waals surface area contributed by atoms with E-state index in [1.807, 2.05) is 66.7 Å². The van der Waals surface area contributed by atoms with Gasteiger partial charge in [-0.05, 0) is 29.8 Å². The van der Waals surface area contributed by atoms with E-state index in [0.717, 1.165) is 11.3 Å². The van der Waals surface area contributed by atoms with Gasteiger partial charge >= 0.3 is 0 Å². The van der Waals surface area contributed by atoms with E-state index in [4.69, 9.17) is 9.47 Å². The number of para-hydroxylation sites is 1. The molecule has 0 aliphatic carbocycles. The predicted molar refractivity (Wildman–Crippen MR) is 106 cm³/mol. The maximum atomic E-state index is 12.2. The second kappa shape index (κ2) is 9.40. The summed E-state index contributed by atoms with van der Waals surface area (Å²) in [5.74, 6) is 1.06. The van der Waals surface area contributed by atoms with Crippen molar-refractivity contribution in [3.05, 3.63) is 90.0 Å². The fraction of sp³-hybridized carbons (Fsp3) is 0.136. The summed E-state index contributed by atoms with van der Waals surface area (Å²) in [6, 6.07) is 24.6. The molecule has 138 valence electrons. The van der Waals surface area contributed by atoms with Crippen molar-refractivity contribution in [2.75, 3.05) is 19.1 Å². The molecule has 0 aliphatic rings. The van der Waals surface area contributed by atoms with Crippen LogP contribution in [0.25, 0.3) is 0 Å². The first-order valence-electron chi connectivity index (χ1n) is 8.68. The van der Waals surface area contributed by atoms with Crippen molar-refractivity contribution in [1.29, 1.82) is 0 Å². The van der Waals surface area contributed by atoms with Crippen LogP contribution in [0.3, 0.4) is 0 Å². The molecule has 0 amide bonds. The van der Waals surface area contributed by atoms with Crippen LogP contribution in [0.2, 0.25) is 0 Å². The molecular formula is C22H22N2O3. The molecule has 0 bridgehead atoms. The second-order valence-corrected chi connectivity index (χ2v) is 5.91. The molecule has 0 aliphatic heterocycles. The van der Waals surface area contributed by atoms with Crippen molar-refractivity contribution in [3.63, 3.8) is 0 Å². The topological polar surface area (TPSA) is 59.6 Å². The van der Waals surface area contributed by atoms with Gasteiger partial charge in [0.1, 0.15) is 0 Å². The average molecular weight is 362 g/mol. The Morgan fingerprint density at radius 1 is 0.889 bits per heavy atom. The summed E-state index contributed by atoms with van der Waals surface area (Å²) < 4.78 is 11.1. The zero-order chi connectivity index (χ0) is 18.9. The second-order valence-electron chi connectivity index (χ2n) is 5.91. The van der Waals surface area contributed by atoms with E-state index in [9.17, 15) is 4.79 Å². The summed E-state index contributed by atoms with van der Waals surface area (Å²) in [7, 11) is 1.58. The molecule has 2 N–H and O–H groups in total. The van der Waals surface area contributed by atoms with E-state index in [-0.39, 0.29) is 12.4 Å². The Morgan fingerprint density at radius 2 is 1.59 bits per heavy atom. The quantitative estimate of drug-likeness (QED) is 0.444. The third-order valence-corrected chi connectivity index (χ3v) is 3.98. The number of methoxy groups -OCH3 is 1. The summed E-state index contributed by atoms with van der Waals surface area (Å²) in [6.45, 7) is 0.571. The van der Waals surface area contributed by atoms with Crippen molar-refractivity contribution in [2.24, 2.45) is 0 Å². The van der Waals surface area contributed by atoms with Gasteiger partial charge < -0.3 is 14.9 Å². The number of nitrogens with one attached hydrogen (secondary N) is 2. The fourth-order valence-electron chi connectivity index (χ4n) is 2.56. The van der Waals surface area contributed by atoms with E-state index in [2.05, 4.69) is 10.9 Å². The van der Waals surface area contributed by atoms with E-state index in [1.165, 1.54) is 0 Å². The van der Waals surface area contributed by atoms with Gasteiger partial charge in [0.15, 0.2) is 23.9 Å². The molecule has 0 atom stereocenters. The Balaban J connectivity index is 1.56. The lowest BCUT2D eigenvalue weighted by Crippen LogP contribution is -2.20. The fourth-order valence-corrected chi connectivity index (χ4v) is 2.56. The van der Waals surface area contributed by atoms with Gasteiger partial charge in [0, 0.05) is 17.8 Å². The monoisotopic (exact) mass is 362 g/mol. The number of anilines is 1. The van der Waals surface area contributed by atoms with Gasteiger partial charge in [-0.25, -0.2) is 5.43 Å². The van der Waals surface area contributed by atoms with Crippen molar-refractivity contribution in [2.45, 2.75) is 6.54 Å². The number of hydrogen-bond acceptors (Lipinski definition) is 5. The summed E-state index contributed by atoms with van der Waals surface area (Å²) in [6.07, 6.45) is 0. The van der Waals surface area contributed by atoms with Crippen LogP contribution < -0.4 is 20.3 Å². The van der Waals surface area contributed by atoms with Gasteiger partial charge in [0.25, 0.3) is 0 Å². The SMILES string of the molecule is COc1cc(CNNc2ccccc2)ccc1OCC(=O)c1ccccc1. The number of ketones is 1. The van der Waals surface area contributed by atoms with Crippen LogP contribution in [-0.4, -0.2) is 19.5 Å². The van der Waals surface area contributed by atoms with Crippen LogP contribution in [0.4, 0.5) is 5.69 Å². The van der Waals surface area contributed by atoms with E-state index >= 15 is 0 Å². The minimum absolute atomic E-state index is 0.0342. The van der Waals surface area contributed by atoms with Crippen molar-refractivity contribution in [3.8, 4) is 11.5 Å². The molecule has 0 aromatic heterocycles. The van der Waals surface area contributed by atoms with Gasteiger partial charge in [0.05, 0.1) is 7.11 Å². The largest absolute Gasteiger partial charge is 0.493 e. The van der Waals surface area contributed by atoms with Crippen LogP contribution >= 0.6 is 0 Å². The highest BCUT2D eigenvalue weighted by atomic mass is 16.5. The Kier molecular flexibility index (Phi) is 6.44. The van der Waals surface area contributed by atoms with Crippen LogP contribution in [0.15, 0.2) is 78.9 Å². The van der Waals surface area contributed by atoms with Crippen molar-refractivity contribution < 1.29 is 14.3 Å². The first-order valence-corrected chi connectivity index (χ1v) is 8.68. The highest BCUT2D eigenvalue weighted by Gasteiger charge is 2.10. The zero-order valence-corrected chi connectivity index (χ0v) is 15.1. The van der Waals surface area contributed by atoms with Crippen LogP contribution in [0.1, 0.15) is 15.9 Å². The lowest BCUT2D eigenvalue weighted by atomic mass is 10.1. The van der Waals surface area contributed by atoms with E-state index in [0.29, 0.717) is 23.6 Å². The van der Waals surface area contributed by atoms with Gasteiger partial charge in [-0.15, -0.1) is 0 Å². The summed E-state index contributed by atoms with van der Waals surface area (Å²) in [5, 5.41) is 0. The number of ether oxygens (including phenoxy) is 2. The molecule has 5 nitrogen and oxygen atoms in total. The Hall–Kier alpha value is -3.31. The molecule has 0 heterocycles. The number of carbonyl (C=O) groups is 1. The first kappa shape index (κ1) is 18.5. The minimum Gasteiger partial charge on any atom is -0.493 e. The number of Topliss-reactive ketones (excluding diaryl/α,β-unsaturated/α-hetero) is 1. The molecule has 3 aromatic carbocycles. The molecule has 3 rings (SSSR count). The number of carbonyl (C=O) groups excluding carboxylic acids is 1. The number of rotatable bonds is 9. The molecule has 27 heavy (non-hydrogen) atoms. The van der Waals surface area contributed by atoms with E-state index < -0.39 is 0 Å². The van der Waals surface area contributed by atoms with Gasteiger partial charge in [-0.1, -0.05) is 54.6 Å². The third kappa shape index (κ3) is 5.33. The van der Waals surface area contributed by atoms with E-state index in [1.54, 1.807) is 19.2 Å². The molecule has 0 saturated carbocycles. The highest BCUT2D eigenvalue weighted by molar-refractivity contribution is 5.97. The minimum atomic E-state index is -0.0737. The standard InChI is InChI=1S/C22H22N2O3/c1-26-22-14-17(15-23-24-19-10-6-3-7-11-19)12-13-21(22)27-16-20(25)18-8-4-2-5-9-18/h2-14,23-24H,15-16H2,1H3. The maximum Gasteiger partial charge on any atom is 0.200 e. The molecule has 0 radical (unpaired) electrons. The zero-order valence-electron chi connectivity index (χ0n) is 15.1. The van der Waals surface area contributed by atoms with Crippen LogP contribution in [-0.2, 0) is 6.54 Å². The number of benzene rings is 3. The predicted octanol–water partition coefficient (Wildman–Crippen LogP) is 4.07. The molecule has 0 fully saturated rings. The Morgan fingerprint density at radius 3 is 2.30 bits per heavy atom. The maximum absolute atomic E-state index is 12.2.